The maximum Gasteiger partial charge on any atom is 0.355 e. The van der Waals surface area contributed by atoms with Crippen LogP contribution in [0.1, 0.15) is 67.1 Å². The van der Waals surface area contributed by atoms with Crippen molar-refractivity contribution in [2.75, 3.05) is 11.9 Å². The average Bonchev–Trinajstić information content (AvgIpc) is 3.66. The number of para-hydroxylation sites is 1. The molecule has 234 valence electrons. The van der Waals surface area contributed by atoms with Crippen molar-refractivity contribution in [3.8, 4) is 5.82 Å². The van der Waals surface area contributed by atoms with Crippen LogP contribution in [0.3, 0.4) is 0 Å². The molecule has 10 nitrogen and oxygen atoms in total. The zero-order valence-corrected chi connectivity index (χ0v) is 26.7. The van der Waals surface area contributed by atoms with Gasteiger partial charge >= 0.3 is 5.97 Å². The molecule has 4 N–H and O–H groups in total. The van der Waals surface area contributed by atoms with Crippen LogP contribution in [-0.4, -0.2) is 48.6 Å². The van der Waals surface area contributed by atoms with Crippen molar-refractivity contribution in [2.24, 2.45) is 23.2 Å². The van der Waals surface area contributed by atoms with Crippen molar-refractivity contribution in [2.45, 2.75) is 52.4 Å². The lowest BCUT2D eigenvalue weighted by Crippen LogP contribution is -2.50. The van der Waals surface area contributed by atoms with Crippen LogP contribution in [0.2, 0.25) is 0 Å². The molecule has 4 fully saturated rings. The van der Waals surface area contributed by atoms with Crippen molar-refractivity contribution < 1.29 is 9.90 Å². The summed E-state index contributed by atoms with van der Waals surface area (Å²) in [5.41, 5.74) is 4.37. The highest BCUT2D eigenvalue weighted by molar-refractivity contribution is 7.22. The van der Waals surface area contributed by atoms with Gasteiger partial charge in [-0.2, -0.15) is 0 Å². The van der Waals surface area contributed by atoms with Crippen LogP contribution in [0.5, 0.6) is 0 Å². The summed E-state index contributed by atoms with van der Waals surface area (Å²) in [5, 5.41) is 36.0. The number of carbonyl (C=O) groups is 1. The Labute approximate surface area is 270 Å². The Balaban J connectivity index is 1.07. The third kappa shape index (κ3) is 4.93. The van der Waals surface area contributed by atoms with Crippen LogP contribution in [0.15, 0.2) is 54.4 Å². The number of pyridine rings is 1. The summed E-state index contributed by atoms with van der Waals surface area (Å²) in [6.45, 7) is 4.78. The van der Waals surface area contributed by atoms with E-state index in [0.29, 0.717) is 33.8 Å². The Kier molecular flexibility index (Phi) is 6.89. The first-order valence-electron chi connectivity index (χ1n) is 16.0. The normalized spacial score (nSPS) is 23.9. The first-order chi connectivity index (χ1) is 22.3. The number of rotatable bonds is 9. The Morgan fingerprint density at radius 1 is 1.07 bits per heavy atom. The number of hydrogen-bond acceptors (Lipinski definition) is 9. The Morgan fingerprint density at radius 2 is 1.80 bits per heavy atom. The van der Waals surface area contributed by atoms with Crippen LogP contribution < -0.4 is 10.6 Å². The number of aryl methyl sites for hydroxylation is 1. The standard InChI is InChI=1S/C35H36N8O2S/c1-19-24-9-10-43(32(24)42-41-31(19)40-34-38-27-5-3-4-6-28(27)46-34)29-8-7-25(30(39-29)33(44)45)26(17-36)20(2)37-18-35-14-21-11-22(15-35)13-23(12-21)16-35/h3-10,17,21-23,36-37H,11-16,18H2,1-2H3,(H,44,45)(H,38,40,41)/b26-20+,36-17?. The second kappa shape index (κ2) is 11.0. The van der Waals surface area contributed by atoms with Gasteiger partial charge in [0.1, 0.15) is 5.82 Å². The molecule has 4 aliphatic carbocycles. The van der Waals surface area contributed by atoms with E-state index in [0.717, 1.165) is 56.3 Å². The number of aromatic carboxylic acids is 1. The lowest BCUT2D eigenvalue weighted by molar-refractivity contribution is -0.0501. The van der Waals surface area contributed by atoms with E-state index >= 15 is 0 Å². The highest BCUT2D eigenvalue weighted by atomic mass is 32.1. The number of thiazole rings is 1. The van der Waals surface area contributed by atoms with E-state index in [1.54, 1.807) is 28.0 Å². The molecule has 4 saturated carbocycles. The molecule has 46 heavy (non-hydrogen) atoms. The van der Waals surface area contributed by atoms with E-state index in [1.165, 1.54) is 44.7 Å². The number of aromatic nitrogens is 5. The number of nitrogens with zero attached hydrogens (tertiary/aromatic N) is 5. The van der Waals surface area contributed by atoms with Crippen LogP contribution in [0.4, 0.5) is 10.9 Å². The van der Waals surface area contributed by atoms with Crippen LogP contribution in [0.25, 0.3) is 32.6 Å². The van der Waals surface area contributed by atoms with E-state index in [-0.39, 0.29) is 5.69 Å². The fourth-order valence-corrected chi connectivity index (χ4v) is 9.59. The quantitative estimate of drug-likeness (QED) is 0.124. The van der Waals surface area contributed by atoms with Crippen LogP contribution >= 0.6 is 11.3 Å². The molecule has 0 spiro atoms. The summed E-state index contributed by atoms with van der Waals surface area (Å²) in [7, 11) is 0. The average molecular weight is 633 g/mol. The molecule has 5 aromatic rings. The molecule has 0 unspecified atom stereocenters. The molecule has 0 amide bonds. The summed E-state index contributed by atoms with van der Waals surface area (Å²) in [6, 6.07) is 13.4. The fourth-order valence-electron chi connectivity index (χ4n) is 8.72. The number of benzene rings is 1. The number of hydrogen-bond donors (Lipinski definition) is 4. The molecule has 0 atom stereocenters. The van der Waals surface area contributed by atoms with Gasteiger partial charge in [0.05, 0.1) is 10.2 Å². The van der Waals surface area contributed by atoms with Gasteiger partial charge in [-0.1, -0.05) is 23.5 Å². The molecule has 0 aliphatic heterocycles. The zero-order chi connectivity index (χ0) is 31.6. The van der Waals surface area contributed by atoms with E-state index in [4.69, 9.17) is 5.41 Å². The number of carboxylic acids is 1. The van der Waals surface area contributed by atoms with E-state index in [9.17, 15) is 9.90 Å². The number of allylic oxidation sites excluding steroid dienone is 2. The number of carboxylic acid groups (broad SMARTS) is 1. The fraction of sp³-hybridized carbons (Fsp3) is 0.371. The number of fused-ring (bicyclic) bond motifs is 2. The summed E-state index contributed by atoms with van der Waals surface area (Å²) in [5.74, 6) is 2.45. The van der Waals surface area contributed by atoms with Gasteiger partial charge in [-0.05, 0) is 106 Å². The molecule has 0 saturated heterocycles. The van der Waals surface area contributed by atoms with Gasteiger partial charge in [-0.15, -0.1) is 10.2 Å². The maximum absolute atomic E-state index is 12.5. The first-order valence-corrected chi connectivity index (χ1v) is 16.8. The van der Waals surface area contributed by atoms with Crippen LogP contribution in [0, 0.1) is 35.5 Å². The van der Waals surface area contributed by atoms with Crippen molar-refractivity contribution in [1.82, 2.24) is 30.0 Å². The molecule has 4 aliphatic rings. The second-order valence-electron chi connectivity index (χ2n) is 13.5. The third-order valence-corrected chi connectivity index (χ3v) is 11.4. The minimum atomic E-state index is -1.15. The Bertz CT molecular complexity index is 1990. The number of anilines is 2. The van der Waals surface area contributed by atoms with Crippen molar-refractivity contribution in [1.29, 1.82) is 5.41 Å². The molecule has 4 bridgehead atoms. The maximum atomic E-state index is 12.5. The van der Waals surface area contributed by atoms with E-state index < -0.39 is 5.97 Å². The van der Waals surface area contributed by atoms with Gasteiger partial charge in [0.15, 0.2) is 22.3 Å². The molecular formula is C35H36N8O2S. The third-order valence-electron chi connectivity index (χ3n) is 10.4. The van der Waals surface area contributed by atoms with Crippen LogP contribution in [-0.2, 0) is 0 Å². The predicted octanol–water partition coefficient (Wildman–Crippen LogP) is 7.36. The molecule has 0 radical (unpaired) electrons. The first kappa shape index (κ1) is 28.8. The molecule has 11 heteroatoms. The molecule has 4 heterocycles. The largest absolute Gasteiger partial charge is 0.476 e. The molecule has 4 aromatic heterocycles. The van der Waals surface area contributed by atoms with E-state index in [1.807, 2.05) is 50.4 Å². The highest BCUT2D eigenvalue weighted by Crippen LogP contribution is 2.59. The zero-order valence-electron chi connectivity index (χ0n) is 25.9. The monoisotopic (exact) mass is 632 g/mol. The lowest BCUT2D eigenvalue weighted by Gasteiger charge is -2.57. The summed E-state index contributed by atoms with van der Waals surface area (Å²) < 4.78 is 2.83. The predicted molar refractivity (Wildman–Crippen MR) is 181 cm³/mol. The molecular weight excluding hydrogens is 597 g/mol. The van der Waals surface area contributed by atoms with Gasteiger partial charge in [-0.25, -0.2) is 14.8 Å². The second-order valence-corrected chi connectivity index (χ2v) is 14.6. The van der Waals surface area contributed by atoms with Gasteiger partial charge in [0.2, 0.25) is 0 Å². The Hall–Kier alpha value is -4.64. The Morgan fingerprint density at radius 3 is 2.50 bits per heavy atom. The van der Waals surface area contributed by atoms with Gasteiger partial charge in [0.25, 0.3) is 0 Å². The van der Waals surface area contributed by atoms with Gasteiger partial charge in [0, 0.05) is 46.7 Å². The topological polar surface area (TPSA) is 142 Å². The van der Waals surface area contributed by atoms with Gasteiger partial charge < -0.3 is 21.1 Å². The van der Waals surface area contributed by atoms with Crippen molar-refractivity contribution in [3.63, 3.8) is 0 Å². The smallest absolute Gasteiger partial charge is 0.355 e. The summed E-state index contributed by atoms with van der Waals surface area (Å²) >= 11 is 1.55. The van der Waals surface area contributed by atoms with E-state index in [2.05, 4.69) is 30.8 Å². The minimum Gasteiger partial charge on any atom is -0.476 e. The minimum absolute atomic E-state index is 0.104. The lowest BCUT2D eigenvalue weighted by atomic mass is 9.49. The summed E-state index contributed by atoms with van der Waals surface area (Å²) in [4.78, 5) is 21.8. The van der Waals surface area contributed by atoms with Crippen molar-refractivity contribution in [3.05, 3.63) is 71.2 Å². The summed E-state index contributed by atoms with van der Waals surface area (Å²) in [6.07, 6.45) is 11.1. The molecule has 9 rings (SSSR count). The van der Waals surface area contributed by atoms with Gasteiger partial charge in [-0.3, -0.25) is 4.57 Å². The van der Waals surface area contributed by atoms with Crippen molar-refractivity contribution >= 4 is 61.3 Å². The number of nitrogens with one attached hydrogen (secondary N) is 3. The SMILES string of the molecule is C/C(NCC12CC3CC(CC(C3)C1)C2)=C(/C=N)c1ccc(-n2ccc3c(C)c(Nc4nc5ccccc5s4)nnc32)nc1C(=O)O. The highest BCUT2D eigenvalue weighted by Gasteiger charge is 2.50. The molecule has 1 aromatic carbocycles.